The summed E-state index contributed by atoms with van der Waals surface area (Å²) in [6.07, 6.45) is 3.10. The zero-order valence-corrected chi connectivity index (χ0v) is 10.6. The Morgan fingerprint density at radius 3 is 2.56 bits per heavy atom. The number of carbonyl (C=O) groups is 1. The fourth-order valence-electron chi connectivity index (χ4n) is 1.55. The molecule has 0 saturated heterocycles. The van der Waals surface area contributed by atoms with Crippen LogP contribution < -0.4 is 5.73 Å². The van der Waals surface area contributed by atoms with E-state index in [4.69, 9.17) is 11.0 Å². The second-order valence-electron chi connectivity index (χ2n) is 4.28. The number of unbranched alkanes of at least 4 members (excludes halogenated alkanes) is 1. The van der Waals surface area contributed by atoms with Gasteiger partial charge in [0, 0.05) is 12.6 Å². The first-order chi connectivity index (χ1) is 7.54. The van der Waals surface area contributed by atoms with E-state index in [1.807, 2.05) is 13.8 Å². The number of nitriles is 1. The summed E-state index contributed by atoms with van der Waals surface area (Å²) in [5, 5.41) is 8.54. The lowest BCUT2D eigenvalue weighted by atomic mass is 10.1. The maximum Gasteiger partial charge on any atom is 0.239 e. The number of nitrogens with zero attached hydrogens (tertiary/aromatic N) is 2. The van der Waals surface area contributed by atoms with Crippen molar-refractivity contribution < 1.29 is 4.79 Å². The molecule has 0 aliphatic heterocycles. The van der Waals surface area contributed by atoms with Crippen LogP contribution in [0.5, 0.6) is 0 Å². The molecule has 0 rings (SSSR count). The van der Waals surface area contributed by atoms with Crippen LogP contribution in [0, 0.1) is 11.3 Å². The van der Waals surface area contributed by atoms with E-state index in [0.29, 0.717) is 13.0 Å². The molecule has 0 spiro atoms. The van der Waals surface area contributed by atoms with Gasteiger partial charge in [-0.3, -0.25) is 4.79 Å². The lowest BCUT2D eigenvalue weighted by Gasteiger charge is -2.28. The van der Waals surface area contributed by atoms with Crippen LogP contribution in [0.25, 0.3) is 0 Å². The van der Waals surface area contributed by atoms with Crippen LogP contribution in [0.3, 0.4) is 0 Å². The molecule has 0 bridgehead atoms. The summed E-state index contributed by atoms with van der Waals surface area (Å²) in [4.78, 5) is 13.7. The first-order valence-electron chi connectivity index (χ1n) is 5.97. The lowest BCUT2D eigenvalue weighted by Crippen LogP contribution is -2.47. The molecular formula is C12H23N3O. The molecule has 2 N–H and O–H groups in total. The molecule has 0 aliphatic rings. The maximum atomic E-state index is 12.0. The third-order valence-electron chi connectivity index (χ3n) is 2.56. The molecule has 4 nitrogen and oxygen atoms in total. The van der Waals surface area contributed by atoms with Gasteiger partial charge in [-0.25, -0.2) is 0 Å². The van der Waals surface area contributed by atoms with Crippen molar-refractivity contribution in [3.63, 3.8) is 0 Å². The third kappa shape index (κ3) is 5.13. The summed E-state index contributed by atoms with van der Waals surface area (Å²) in [5.74, 6) is -0.0290. The van der Waals surface area contributed by atoms with Crippen LogP contribution in [0.4, 0.5) is 0 Å². The van der Waals surface area contributed by atoms with Crippen molar-refractivity contribution in [2.24, 2.45) is 5.73 Å². The second kappa shape index (κ2) is 8.12. The smallest absolute Gasteiger partial charge is 0.239 e. The molecule has 1 amide bonds. The molecule has 92 valence electrons. The predicted molar refractivity (Wildman–Crippen MR) is 64.6 cm³/mol. The highest BCUT2D eigenvalue weighted by atomic mass is 16.2. The normalized spacial score (nSPS) is 12.2. The van der Waals surface area contributed by atoms with Gasteiger partial charge in [0.1, 0.15) is 0 Å². The topological polar surface area (TPSA) is 70.1 Å². The molecule has 16 heavy (non-hydrogen) atoms. The fraction of sp³-hybridized carbons (Fsp3) is 0.833. The van der Waals surface area contributed by atoms with E-state index < -0.39 is 6.04 Å². The number of amides is 1. The Morgan fingerprint density at radius 1 is 1.50 bits per heavy atom. The average Bonchev–Trinajstić information content (AvgIpc) is 2.25. The van der Waals surface area contributed by atoms with Gasteiger partial charge in [-0.1, -0.05) is 19.8 Å². The number of hydrogen-bond acceptors (Lipinski definition) is 3. The fourth-order valence-corrected chi connectivity index (χ4v) is 1.55. The summed E-state index contributed by atoms with van der Waals surface area (Å²) in [6.45, 7) is 6.45. The number of nitrogens with two attached hydrogens (primary N) is 1. The standard InChI is InChI=1S/C12H23N3O/c1-4-5-7-11(14)12(16)15(10(2)3)9-6-8-13/h10-11H,4-7,9,14H2,1-3H3. The molecular weight excluding hydrogens is 202 g/mol. The molecule has 1 unspecified atom stereocenters. The first kappa shape index (κ1) is 14.9. The maximum absolute atomic E-state index is 12.0. The number of carbonyl (C=O) groups excluding carboxylic acids is 1. The summed E-state index contributed by atoms with van der Waals surface area (Å²) in [6, 6.07) is 1.74. The Labute approximate surface area is 98.4 Å². The van der Waals surface area contributed by atoms with Gasteiger partial charge in [0.25, 0.3) is 0 Å². The van der Waals surface area contributed by atoms with Gasteiger partial charge in [-0.15, -0.1) is 0 Å². The van der Waals surface area contributed by atoms with Gasteiger partial charge in [0.05, 0.1) is 18.5 Å². The van der Waals surface area contributed by atoms with Crippen molar-refractivity contribution in [2.45, 2.75) is 58.5 Å². The molecule has 0 saturated carbocycles. The van der Waals surface area contributed by atoms with Gasteiger partial charge in [0.15, 0.2) is 0 Å². The van der Waals surface area contributed by atoms with Gasteiger partial charge in [0.2, 0.25) is 5.91 Å². The van der Waals surface area contributed by atoms with E-state index >= 15 is 0 Å². The van der Waals surface area contributed by atoms with Crippen molar-refractivity contribution >= 4 is 5.91 Å². The molecule has 0 heterocycles. The van der Waals surface area contributed by atoms with Crippen molar-refractivity contribution in [1.82, 2.24) is 4.90 Å². The second-order valence-corrected chi connectivity index (χ2v) is 4.28. The third-order valence-corrected chi connectivity index (χ3v) is 2.56. The molecule has 0 aromatic rings. The van der Waals surface area contributed by atoms with E-state index in [-0.39, 0.29) is 11.9 Å². The van der Waals surface area contributed by atoms with E-state index in [1.165, 1.54) is 0 Å². The Morgan fingerprint density at radius 2 is 2.12 bits per heavy atom. The predicted octanol–water partition coefficient (Wildman–Crippen LogP) is 1.65. The summed E-state index contributed by atoms with van der Waals surface area (Å²) < 4.78 is 0. The van der Waals surface area contributed by atoms with Gasteiger partial charge >= 0.3 is 0 Å². The highest BCUT2D eigenvalue weighted by molar-refractivity contribution is 5.81. The van der Waals surface area contributed by atoms with Gasteiger partial charge in [-0.2, -0.15) is 5.26 Å². The Balaban J connectivity index is 4.31. The van der Waals surface area contributed by atoms with Crippen LogP contribution in [0.15, 0.2) is 0 Å². The first-order valence-corrected chi connectivity index (χ1v) is 5.97. The molecule has 4 heteroatoms. The Kier molecular flexibility index (Phi) is 7.57. The van der Waals surface area contributed by atoms with E-state index in [0.717, 1.165) is 19.3 Å². The van der Waals surface area contributed by atoms with E-state index in [1.54, 1.807) is 4.90 Å². The summed E-state index contributed by atoms with van der Waals surface area (Å²) in [7, 11) is 0. The van der Waals surface area contributed by atoms with Crippen LogP contribution in [0.1, 0.15) is 46.5 Å². The van der Waals surface area contributed by atoms with E-state index in [9.17, 15) is 4.79 Å². The molecule has 0 aromatic heterocycles. The summed E-state index contributed by atoms with van der Waals surface area (Å²) >= 11 is 0. The minimum absolute atomic E-state index is 0.0290. The van der Waals surface area contributed by atoms with Crippen molar-refractivity contribution in [3.8, 4) is 6.07 Å². The molecule has 0 fully saturated rings. The minimum Gasteiger partial charge on any atom is -0.338 e. The largest absolute Gasteiger partial charge is 0.338 e. The summed E-state index contributed by atoms with van der Waals surface area (Å²) in [5.41, 5.74) is 5.84. The zero-order valence-electron chi connectivity index (χ0n) is 10.6. The number of hydrogen-bond donors (Lipinski definition) is 1. The lowest BCUT2D eigenvalue weighted by molar-refractivity contribution is -0.134. The van der Waals surface area contributed by atoms with Gasteiger partial charge in [-0.05, 0) is 20.3 Å². The molecule has 0 aromatic carbocycles. The van der Waals surface area contributed by atoms with Crippen molar-refractivity contribution in [3.05, 3.63) is 0 Å². The molecule has 0 aliphatic carbocycles. The van der Waals surface area contributed by atoms with Crippen LogP contribution in [-0.4, -0.2) is 29.4 Å². The average molecular weight is 225 g/mol. The Bertz CT molecular complexity index is 245. The van der Waals surface area contributed by atoms with Crippen molar-refractivity contribution in [2.75, 3.05) is 6.54 Å². The van der Waals surface area contributed by atoms with Crippen molar-refractivity contribution in [1.29, 1.82) is 5.26 Å². The SMILES string of the molecule is CCCCC(N)C(=O)N(CCC#N)C(C)C. The minimum atomic E-state index is -0.416. The zero-order chi connectivity index (χ0) is 12.6. The van der Waals surface area contributed by atoms with Crippen LogP contribution in [-0.2, 0) is 4.79 Å². The molecule has 1 atom stereocenters. The number of rotatable bonds is 7. The van der Waals surface area contributed by atoms with E-state index in [2.05, 4.69) is 13.0 Å². The molecule has 0 radical (unpaired) electrons. The highest BCUT2D eigenvalue weighted by Gasteiger charge is 2.22. The Hall–Kier alpha value is -1.08. The monoisotopic (exact) mass is 225 g/mol. The quantitative estimate of drug-likeness (QED) is 0.716. The highest BCUT2D eigenvalue weighted by Crippen LogP contribution is 2.07. The van der Waals surface area contributed by atoms with Crippen LogP contribution in [0.2, 0.25) is 0 Å². The van der Waals surface area contributed by atoms with Crippen LogP contribution >= 0.6 is 0 Å². The van der Waals surface area contributed by atoms with Gasteiger partial charge < -0.3 is 10.6 Å².